The predicted molar refractivity (Wildman–Crippen MR) is 82.7 cm³/mol. The summed E-state index contributed by atoms with van der Waals surface area (Å²) >= 11 is 0. The summed E-state index contributed by atoms with van der Waals surface area (Å²) in [7, 11) is 0. The molecule has 21 heavy (non-hydrogen) atoms. The highest BCUT2D eigenvalue weighted by molar-refractivity contribution is 5.78. The first-order valence-corrected chi connectivity index (χ1v) is 9.29. The van der Waals surface area contributed by atoms with E-state index < -0.39 is 0 Å². The monoisotopic (exact) mass is 290 g/mol. The molecular weight excluding hydrogens is 260 g/mol. The van der Waals surface area contributed by atoms with E-state index in [1.807, 2.05) is 0 Å². The first-order valence-electron chi connectivity index (χ1n) is 9.29. The summed E-state index contributed by atoms with van der Waals surface area (Å²) in [5.41, 5.74) is 0.203. The molecule has 2 nitrogen and oxygen atoms in total. The highest BCUT2D eigenvalue weighted by Crippen LogP contribution is 2.61. The van der Waals surface area contributed by atoms with Gasteiger partial charge in [0.2, 0.25) is 0 Å². The molecule has 0 bridgehead atoms. The number of ketones is 1. The van der Waals surface area contributed by atoms with Crippen molar-refractivity contribution in [3.05, 3.63) is 0 Å². The summed E-state index contributed by atoms with van der Waals surface area (Å²) in [6.45, 7) is 2.36. The van der Waals surface area contributed by atoms with E-state index >= 15 is 0 Å². The van der Waals surface area contributed by atoms with Gasteiger partial charge in [-0.25, -0.2) is 0 Å². The van der Waals surface area contributed by atoms with E-state index in [0.717, 1.165) is 49.4 Å². The summed E-state index contributed by atoms with van der Waals surface area (Å²) in [6, 6.07) is 0. The molecule has 0 radical (unpaired) electrons. The van der Waals surface area contributed by atoms with Gasteiger partial charge in [-0.2, -0.15) is 0 Å². The van der Waals surface area contributed by atoms with Crippen LogP contribution in [0.25, 0.3) is 0 Å². The van der Waals surface area contributed by atoms with Gasteiger partial charge in [0.15, 0.2) is 0 Å². The normalized spacial score (nSPS) is 53.5. The van der Waals surface area contributed by atoms with Crippen LogP contribution < -0.4 is 0 Å². The molecule has 0 saturated heterocycles. The van der Waals surface area contributed by atoms with Crippen molar-refractivity contribution in [3.8, 4) is 0 Å². The van der Waals surface area contributed by atoms with Crippen molar-refractivity contribution in [2.45, 2.75) is 77.2 Å². The van der Waals surface area contributed by atoms with Gasteiger partial charge in [0.05, 0.1) is 6.10 Å². The Balaban J connectivity index is 1.58. The van der Waals surface area contributed by atoms with E-state index in [4.69, 9.17) is 0 Å². The van der Waals surface area contributed by atoms with Gasteiger partial charge in [-0.1, -0.05) is 6.92 Å². The summed E-state index contributed by atoms with van der Waals surface area (Å²) in [5, 5.41) is 10.4. The van der Waals surface area contributed by atoms with Gasteiger partial charge in [-0.15, -0.1) is 0 Å². The molecule has 4 aliphatic rings. The zero-order valence-corrected chi connectivity index (χ0v) is 13.4. The maximum atomic E-state index is 11.9. The van der Waals surface area contributed by atoms with Crippen molar-refractivity contribution < 1.29 is 9.90 Å². The zero-order valence-electron chi connectivity index (χ0n) is 13.4. The van der Waals surface area contributed by atoms with Crippen LogP contribution in [-0.2, 0) is 4.79 Å². The minimum Gasteiger partial charge on any atom is -0.393 e. The molecular formula is C19H30O2. The number of carbonyl (C=O) groups excluding carboxylic acids is 1. The number of aliphatic hydroxyl groups is 1. The summed E-state index contributed by atoms with van der Waals surface area (Å²) in [5.74, 6) is 4.49. The molecule has 4 saturated carbocycles. The molecule has 0 aromatic rings. The lowest BCUT2D eigenvalue weighted by Gasteiger charge is -2.54. The maximum Gasteiger partial charge on any atom is 0.133 e. The number of aliphatic hydroxyl groups excluding tert-OH is 1. The standard InChI is InChI=1S/C19H30O2/c1-19-10-9-15-14-4-2-3-13(20)11-12(14)5-6-16(15)17(19)7-8-18(19)21/h12,14-18,21H,2-11H2,1H3/t12-,14+,15-,16-,17+,18+,19+/m1/s1. The lowest BCUT2D eigenvalue weighted by Crippen LogP contribution is -2.48. The molecule has 7 atom stereocenters. The Kier molecular flexibility index (Phi) is 3.44. The predicted octanol–water partition coefficient (Wildman–Crippen LogP) is 3.96. The van der Waals surface area contributed by atoms with Gasteiger partial charge < -0.3 is 5.11 Å². The highest BCUT2D eigenvalue weighted by atomic mass is 16.3. The van der Waals surface area contributed by atoms with Crippen LogP contribution in [0.5, 0.6) is 0 Å². The topological polar surface area (TPSA) is 37.3 Å². The fourth-order valence-corrected chi connectivity index (χ4v) is 6.84. The quantitative estimate of drug-likeness (QED) is 0.733. The van der Waals surface area contributed by atoms with Gasteiger partial charge >= 0.3 is 0 Å². The first-order chi connectivity index (χ1) is 10.1. The van der Waals surface area contributed by atoms with Crippen LogP contribution in [0.15, 0.2) is 0 Å². The van der Waals surface area contributed by atoms with Crippen molar-refractivity contribution in [1.29, 1.82) is 0 Å². The Bertz CT molecular complexity index is 431. The van der Waals surface area contributed by atoms with E-state index in [0.29, 0.717) is 11.7 Å². The number of hydrogen-bond donors (Lipinski definition) is 1. The zero-order chi connectivity index (χ0) is 14.6. The van der Waals surface area contributed by atoms with E-state index in [1.54, 1.807) is 0 Å². The van der Waals surface area contributed by atoms with Gasteiger partial charge in [0, 0.05) is 12.8 Å². The van der Waals surface area contributed by atoms with Crippen molar-refractivity contribution in [2.24, 2.45) is 35.0 Å². The fourth-order valence-electron chi connectivity index (χ4n) is 6.84. The average Bonchev–Trinajstić information content (AvgIpc) is 2.65. The molecule has 0 unspecified atom stereocenters. The molecule has 118 valence electrons. The minimum absolute atomic E-state index is 0.0584. The molecule has 0 aromatic heterocycles. The maximum absolute atomic E-state index is 11.9. The second-order valence-corrected chi connectivity index (χ2v) is 8.71. The summed E-state index contributed by atoms with van der Waals surface area (Å²) in [4.78, 5) is 11.9. The Morgan fingerprint density at radius 2 is 1.86 bits per heavy atom. The van der Waals surface area contributed by atoms with Gasteiger partial charge in [-0.05, 0) is 86.4 Å². The molecule has 0 aliphatic heterocycles. The lowest BCUT2D eigenvalue weighted by molar-refractivity contribution is -0.121. The van der Waals surface area contributed by atoms with E-state index in [9.17, 15) is 9.90 Å². The lowest BCUT2D eigenvalue weighted by atomic mass is 9.51. The fraction of sp³-hybridized carbons (Fsp3) is 0.947. The van der Waals surface area contributed by atoms with Crippen LogP contribution in [0, 0.1) is 35.0 Å². The Morgan fingerprint density at radius 3 is 2.71 bits per heavy atom. The van der Waals surface area contributed by atoms with Crippen molar-refractivity contribution >= 4 is 5.78 Å². The molecule has 2 heteroatoms. The summed E-state index contributed by atoms with van der Waals surface area (Å²) < 4.78 is 0. The Labute approximate surface area is 128 Å². The van der Waals surface area contributed by atoms with E-state index in [-0.39, 0.29) is 11.5 Å². The second-order valence-electron chi connectivity index (χ2n) is 8.71. The molecule has 0 heterocycles. The molecule has 4 aliphatic carbocycles. The third-order valence-corrected chi connectivity index (χ3v) is 7.95. The van der Waals surface area contributed by atoms with Crippen LogP contribution in [0.2, 0.25) is 0 Å². The number of Topliss-reactive ketones (excluding diaryl/α,β-unsaturated/α-hetero) is 1. The van der Waals surface area contributed by atoms with Crippen LogP contribution in [-0.4, -0.2) is 17.0 Å². The van der Waals surface area contributed by atoms with Crippen molar-refractivity contribution in [2.75, 3.05) is 0 Å². The molecule has 0 spiro atoms. The molecule has 0 amide bonds. The van der Waals surface area contributed by atoms with E-state index in [2.05, 4.69) is 6.92 Å². The number of hydrogen-bond acceptors (Lipinski definition) is 2. The van der Waals surface area contributed by atoms with Crippen LogP contribution in [0.1, 0.15) is 71.1 Å². The minimum atomic E-state index is -0.0584. The van der Waals surface area contributed by atoms with Crippen LogP contribution in [0.4, 0.5) is 0 Å². The smallest absolute Gasteiger partial charge is 0.133 e. The SMILES string of the molecule is C[C@]12CC[C@H]3[C@@H](CC[C@@H]4CC(=O)CCC[C@@H]43)[C@@H]1CC[C@@H]2O. The third kappa shape index (κ3) is 2.12. The van der Waals surface area contributed by atoms with Gasteiger partial charge in [0.25, 0.3) is 0 Å². The second kappa shape index (κ2) is 5.08. The first kappa shape index (κ1) is 14.2. The Morgan fingerprint density at radius 1 is 1.00 bits per heavy atom. The van der Waals surface area contributed by atoms with Crippen LogP contribution in [0.3, 0.4) is 0 Å². The number of rotatable bonds is 0. The van der Waals surface area contributed by atoms with Gasteiger partial charge in [-0.3, -0.25) is 4.79 Å². The number of carbonyl (C=O) groups is 1. The average molecular weight is 290 g/mol. The Hall–Kier alpha value is -0.370. The largest absolute Gasteiger partial charge is 0.393 e. The molecule has 4 fully saturated rings. The molecule has 0 aromatic carbocycles. The van der Waals surface area contributed by atoms with Crippen molar-refractivity contribution in [1.82, 2.24) is 0 Å². The van der Waals surface area contributed by atoms with E-state index in [1.165, 1.54) is 38.5 Å². The van der Waals surface area contributed by atoms with Crippen molar-refractivity contribution in [3.63, 3.8) is 0 Å². The highest BCUT2D eigenvalue weighted by Gasteiger charge is 2.56. The number of fused-ring (bicyclic) bond motifs is 5. The summed E-state index contributed by atoms with van der Waals surface area (Å²) in [6.07, 6.45) is 11.5. The molecule has 1 N–H and O–H groups in total. The third-order valence-electron chi connectivity index (χ3n) is 7.95. The molecule has 4 rings (SSSR count). The van der Waals surface area contributed by atoms with Crippen LogP contribution >= 0.6 is 0 Å². The van der Waals surface area contributed by atoms with Gasteiger partial charge in [0.1, 0.15) is 5.78 Å².